The number of rotatable bonds is 3. The van der Waals surface area contributed by atoms with E-state index in [9.17, 15) is 4.21 Å². The number of nitrogens with two attached hydrogens (primary N) is 1. The van der Waals surface area contributed by atoms with E-state index in [1.165, 1.54) is 0 Å². The Labute approximate surface area is 123 Å². The van der Waals surface area contributed by atoms with E-state index in [4.69, 9.17) is 17.3 Å². The van der Waals surface area contributed by atoms with Crippen molar-refractivity contribution in [1.29, 1.82) is 0 Å². The van der Waals surface area contributed by atoms with Crippen molar-refractivity contribution < 1.29 is 4.21 Å². The molecule has 6 heteroatoms. The van der Waals surface area contributed by atoms with E-state index in [0.717, 1.165) is 11.0 Å². The molecule has 4 nitrogen and oxygen atoms in total. The lowest BCUT2D eigenvalue weighted by Crippen LogP contribution is -1.98. The van der Waals surface area contributed by atoms with Gasteiger partial charge >= 0.3 is 0 Å². The zero-order chi connectivity index (χ0) is 14.1. The summed E-state index contributed by atoms with van der Waals surface area (Å²) in [5, 5.41) is 0.577. The highest BCUT2D eigenvalue weighted by Crippen LogP contribution is 2.19. The van der Waals surface area contributed by atoms with Crippen LogP contribution in [0.15, 0.2) is 47.4 Å². The minimum Gasteiger partial charge on any atom is -0.399 e. The Morgan fingerprint density at radius 2 is 2.10 bits per heavy atom. The summed E-state index contributed by atoms with van der Waals surface area (Å²) in [7, 11) is -1.19. The molecule has 102 valence electrons. The molecule has 3 rings (SSSR count). The van der Waals surface area contributed by atoms with Crippen LogP contribution < -0.4 is 5.73 Å². The van der Waals surface area contributed by atoms with Crippen molar-refractivity contribution in [3.05, 3.63) is 53.3 Å². The van der Waals surface area contributed by atoms with Crippen molar-refractivity contribution in [1.82, 2.24) is 9.97 Å². The van der Waals surface area contributed by atoms with Gasteiger partial charge in [-0.1, -0.05) is 17.7 Å². The molecule has 0 spiro atoms. The molecule has 2 aromatic carbocycles. The van der Waals surface area contributed by atoms with Crippen molar-refractivity contribution in [3.8, 4) is 0 Å². The van der Waals surface area contributed by atoms with Gasteiger partial charge in [0, 0.05) is 15.6 Å². The minimum absolute atomic E-state index is 0.314. The smallest absolute Gasteiger partial charge is 0.120 e. The number of hydrogen-bond acceptors (Lipinski definition) is 3. The highest BCUT2D eigenvalue weighted by molar-refractivity contribution is 7.84. The minimum atomic E-state index is -1.19. The number of H-pyrrole nitrogens is 1. The summed E-state index contributed by atoms with van der Waals surface area (Å²) in [6, 6.07) is 12.5. The van der Waals surface area contributed by atoms with Gasteiger partial charge in [-0.05, 0) is 36.4 Å². The number of nitrogens with one attached hydrogen (secondary N) is 1. The lowest BCUT2D eigenvalue weighted by atomic mass is 10.3. The van der Waals surface area contributed by atoms with E-state index >= 15 is 0 Å². The first-order chi connectivity index (χ1) is 9.61. The predicted molar refractivity (Wildman–Crippen MR) is 82.1 cm³/mol. The standard InChI is InChI=1S/C14H12ClN3OS/c15-9-2-1-3-11(6-9)20(19)8-14-17-12-5-4-10(16)7-13(12)18-14/h1-7H,8,16H2,(H,17,18). The monoisotopic (exact) mass is 305 g/mol. The van der Waals surface area contributed by atoms with Crippen LogP contribution in [0.1, 0.15) is 5.82 Å². The summed E-state index contributed by atoms with van der Waals surface area (Å²) < 4.78 is 12.3. The van der Waals surface area contributed by atoms with Gasteiger partial charge in [0.2, 0.25) is 0 Å². The molecular formula is C14H12ClN3OS. The van der Waals surface area contributed by atoms with E-state index in [1.807, 2.05) is 12.1 Å². The summed E-state index contributed by atoms with van der Waals surface area (Å²) in [6.45, 7) is 0. The van der Waals surface area contributed by atoms with Crippen LogP contribution in [0, 0.1) is 0 Å². The van der Waals surface area contributed by atoms with Crippen LogP contribution in [-0.2, 0) is 16.6 Å². The molecule has 1 heterocycles. The van der Waals surface area contributed by atoms with E-state index < -0.39 is 10.8 Å². The molecule has 1 unspecified atom stereocenters. The Kier molecular flexibility index (Phi) is 3.46. The van der Waals surface area contributed by atoms with E-state index in [1.54, 1.807) is 30.3 Å². The van der Waals surface area contributed by atoms with E-state index in [0.29, 0.717) is 27.2 Å². The molecule has 1 aromatic heterocycles. The second-order valence-electron chi connectivity index (χ2n) is 4.41. The molecule has 0 aliphatic heterocycles. The Morgan fingerprint density at radius 1 is 1.25 bits per heavy atom. The van der Waals surface area contributed by atoms with Crippen LogP contribution in [0.5, 0.6) is 0 Å². The summed E-state index contributed by atoms with van der Waals surface area (Å²) in [4.78, 5) is 8.23. The van der Waals surface area contributed by atoms with E-state index in [-0.39, 0.29) is 0 Å². The third kappa shape index (κ3) is 2.69. The lowest BCUT2D eigenvalue weighted by Gasteiger charge is -2.00. The van der Waals surface area contributed by atoms with Gasteiger partial charge in [0.25, 0.3) is 0 Å². The largest absolute Gasteiger partial charge is 0.399 e. The Bertz CT molecular complexity index is 800. The third-order valence-corrected chi connectivity index (χ3v) is 4.43. The predicted octanol–water partition coefficient (Wildman–Crippen LogP) is 3.11. The highest BCUT2D eigenvalue weighted by Gasteiger charge is 2.09. The molecule has 20 heavy (non-hydrogen) atoms. The zero-order valence-electron chi connectivity index (χ0n) is 10.5. The van der Waals surface area contributed by atoms with Crippen molar-refractivity contribution in [2.45, 2.75) is 10.6 Å². The molecule has 0 amide bonds. The second-order valence-corrected chi connectivity index (χ2v) is 6.29. The fraction of sp³-hybridized carbons (Fsp3) is 0.0714. The maximum atomic E-state index is 12.3. The fourth-order valence-electron chi connectivity index (χ4n) is 1.96. The van der Waals surface area contributed by atoms with Gasteiger partial charge in [0.05, 0.1) is 27.6 Å². The molecule has 0 bridgehead atoms. The van der Waals surface area contributed by atoms with Crippen LogP contribution in [0.3, 0.4) is 0 Å². The number of anilines is 1. The number of fused-ring (bicyclic) bond motifs is 1. The summed E-state index contributed by atoms with van der Waals surface area (Å²) in [5.41, 5.74) is 8.06. The topological polar surface area (TPSA) is 71.8 Å². The highest BCUT2D eigenvalue weighted by atomic mass is 35.5. The SMILES string of the molecule is Nc1ccc2nc(CS(=O)c3cccc(Cl)c3)[nH]c2c1. The number of aromatic amines is 1. The Hall–Kier alpha value is -1.85. The van der Waals surface area contributed by atoms with Gasteiger partial charge in [-0.3, -0.25) is 4.21 Å². The number of benzene rings is 2. The average Bonchev–Trinajstić information content (AvgIpc) is 2.80. The third-order valence-electron chi connectivity index (χ3n) is 2.88. The number of aromatic nitrogens is 2. The van der Waals surface area contributed by atoms with Crippen LogP contribution in [0.4, 0.5) is 5.69 Å². The maximum absolute atomic E-state index is 12.3. The summed E-state index contributed by atoms with van der Waals surface area (Å²) in [5.74, 6) is 0.985. The quantitative estimate of drug-likeness (QED) is 0.730. The fourth-order valence-corrected chi connectivity index (χ4v) is 3.26. The van der Waals surface area contributed by atoms with Crippen LogP contribution >= 0.6 is 11.6 Å². The number of nitrogens with zero attached hydrogens (tertiary/aromatic N) is 1. The summed E-state index contributed by atoms with van der Waals surface area (Å²) >= 11 is 5.90. The first-order valence-corrected chi connectivity index (χ1v) is 7.69. The number of nitrogen functional groups attached to an aromatic ring is 1. The number of hydrogen-bond donors (Lipinski definition) is 2. The van der Waals surface area contributed by atoms with Crippen LogP contribution in [0.2, 0.25) is 5.02 Å². The van der Waals surface area contributed by atoms with Gasteiger partial charge in [-0.2, -0.15) is 0 Å². The number of imidazole rings is 1. The van der Waals surface area contributed by atoms with Crippen molar-refractivity contribution in [2.24, 2.45) is 0 Å². The first kappa shape index (κ1) is 13.1. The lowest BCUT2D eigenvalue weighted by molar-refractivity contribution is 0.681. The molecule has 0 fully saturated rings. The molecule has 0 aliphatic carbocycles. The molecule has 0 saturated carbocycles. The van der Waals surface area contributed by atoms with Crippen LogP contribution in [0.25, 0.3) is 11.0 Å². The zero-order valence-corrected chi connectivity index (χ0v) is 12.0. The van der Waals surface area contributed by atoms with E-state index in [2.05, 4.69) is 9.97 Å². The molecule has 1 atom stereocenters. The molecule has 0 aliphatic rings. The molecule has 3 aromatic rings. The van der Waals surface area contributed by atoms with Gasteiger partial charge in [0.15, 0.2) is 0 Å². The molecule has 3 N–H and O–H groups in total. The van der Waals surface area contributed by atoms with Gasteiger partial charge in [0.1, 0.15) is 5.82 Å². The maximum Gasteiger partial charge on any atom is 0.120 e. The van der Waals surface area contributed by atoms with Crippen molar-refractivity contribution >= 4 is 39.1 Å². The molecule has 0 radical (unpaired) electrons. The number of halogens is 1. The van der Waals surface area contributed by atoms with Crippen LogP contribution in [-0.4, -0.2) is 14.2 Å². The molecular weight excluding hydrogens is 294 g/mol. The van der Waals surface area contributed by atoms with Crippen molar-refractivity contribution in [2.75, 3.05) is 5.73 Å². The Balaban J connectivity index is 1.87. The van der Waals surface area contributed by atoms with Gasteiger partial charge in [-0.25, -0.2) is 4.98 Å². The summed E-state index contributed by atoms with van der Waals surface area (Å²) in [6.07, 6.45) is 0. The van der Waals surface area contributed by atoms with Gasteiger partial charge in [-0.15, -0.1) is 0 Å². The average molecular weight is 306 g/mol. The Morgan fingerprint density at radius 3 is 2.90 bits per heavy atom. The first-order valence-electron chi connectivity index (χ1n) is 6.00. The van der Waals surface area contributed by atoms with Gasteiger partial charge < -0.3 is 10.7 Å². The van der Waals surface area contributed by atoms with Crippen molar-refractivity contribution in [3.63, 3.8) is 0 Å². The second kappa shape index (κ2) is 5.26. The molecule has 0 saturated heterocycles. The normalized spacial score (nSPS) is 12.7.